The normalized spacial score (nSPS) is 17.1. The van der Waals surface area contributed by atoms with Crippen molar-refractivity contribution < 1.29 is 32.3 Å². The van der Waals surface area contributed by atoms with Gasteiger partial charge in [-0.3, -0.25) is 14.5 Å². The topological polar surface area (TPSA) is 73.7 Å². The van der Waals surface area contributed by atoms with Gasteiger partial charge in [-0.15, -0.1) is 0 Å². The smallest absolute Gasteiger partial charge is 0.396 e. The van der Waals surface area contributed by atoms with Crippen molar-refractivity contribution in [2.75, 3.05) is 18.1 Å². The van der Waals surface area contributed by atoms with Crippen LogP contribution in [-0.4, -0.2) is 46.0 Å². The molecule has 1 fully saturated rings. The fourth-order valence-corrected chi connectivity index (χ4v) is 3.48. The molecule has 32 heavy (non-hydrogen) atoms. The van der Waals surface area contributed by atoms with E-state index in [1.165, 1.54) is 29.3 Å². The van der Waals surface area contributed by atoms with E-state index in [9.17, 15) is 32.3 Å². The maximum Gasteiger partial charge on any atom is 0.416 e. The predicted octanol–water partition coefficient (Wildman–Crippen LogP) is 3.23. The number of pyridine rings is 1. The average molecular weight is 451 g/mol. The Kier molecular flexibility index (Phi) is 6.63. The van der Waals surface area contributed by atoms with Crippen molar-refractivity contribution in [2.45, 2.75) is 32.1 Å². The number of halogens is 4. The summed E-state index contributed by atoms with van der Waals surface area (Å²) >= 11 is 0. The van der Waals surface area contributed by atoms with Crippen molar-refractivity contribution in [3.63, 3.8) is 0 Å². The van der Waals surface area contributed by atoms with Crippen molar-refractivity contribution in [1.29, 1.82) is 0 Å². The summed E-state index contributed by atoms with van der Waals surface area (Å²) in [7, 11) is 0. The summed E-state index contributed by atoms with van der Waals surface area (Å²) in [4.78, 5) is 32.2. The fraction of sp³-hybridized carbons (Fsp3) is 0.318. The summed E-state index contributed by atoms with van der Waals surface area (Å²) in [5, 5.41) is 9.29. The van der Waals surface area contributed by atoms with Gasteiger partial charge in [0.05, 0.1) is 5.56 Å². The molecule has 0 radical (unpaired) electrons. The number of hydrogen-bond acceptors (Lipinski definition) is 4. The standard InChI is InChI=1S/C22H21F4N3O3/c1-13-9-17(23)20(27-10-13)29-12-18(31)28(19(21(29)32)14(2)7-8-30)11-15-3-5-16(6-4-15)22(24,25)26/h3-6,9-10,19,30H,2,7-8,11-12H2,1H3. The molecule has 1 unspecified atom stereocenters. The van der Waals surface area contributed by atoms with Crippen molar-refractivity contribution >= 4 is 17.6 Å². The van der Waals surface area contributed by atoms with Crippen LogP contribution in [0.15, 0.2) is 48.7 Å². The molecule has 3 rings (SSSR count). The Morgan fingerprint density at radius 2 is 1.91 bits per heavy atom. The highest BCUT2D eigenvalue weighted by Crippen LogP contribution is 2.31. The zero-order chi connectivity index (χ0) is 23.6. The average Bonchev–Trinajstić information content (AvgIpc) is 2.71. The zero-order valence-corrected chi connectivity index (χ0v) is 17.2. The van der Waals surface area contributed by atoms with E-state index in [0.29, 0.717) is 11.1 Å². The van der Waals surface area contributed by atoms with Gasteiger partial charge in [0.25, 0.3) is 5.91 Å². The van der Waals surface area contributed by atoms with Crippen LogP contribution in [0.25, 0.3) is 0 Å². The molecule has 170 valence electrons. The second-order valence-corrected chi connectivity index (χ2v) is 7.49. The molecule has 0 bridgehead atoms. The Hall–Kier alpha value is -3.27. The van der Waals surface area contributed by atoms with Gasteiger partial charge in [-0.25, -0.2) is 9.37 Å². The number of carbonyl (C=O) groups is 2. The van der Waals surface area contributed by atoms with Gasteiger partial charge in [0.15, 0.2) is 11.6 Å². The lowest BCUT2D eigenvalue weighted by Crippen LogP contribution is -2.60. The van der Waals surface area contributed by atoms with Crippen molar-refractivity contribution in [1.82, 2.24) is 9.88 Å². The first kappa shape index (κ1) is 23.4. The first-order valence-corrected chi connectivity index (χ1v) is 9.70. The van der Waals surface area contributed by atoms with E-state index < -0.39 is 42.0 Å². The highest BCUT2D eigenvalue weighted by atomic mass is 19.4. The van der Waals surface area contributed by atoms with Crippen molar-refractivity contribution in [3.05, 3.63) is 71.2 Å². The lowest BCUT2D eigenvalue weighted by atomic mass is 9.98. The highest BCUT2D eigenvalue weighted by Gasteiger charge is 2.42. The summed E-state index contributed by atoms with van der Waals surface area (Å²) in [5.41, 5.74) is 0.284. The summed E-state index contributed by atoms with van der Waals surface area (Å²) in [6.45, 7) is 4.44. The molecule has 2 amide bonds. The lowest BCUT2D eigenvalue weighted by molar-refractivity contribution is -0.142. The number of nitrogens with zero attached hydrogens (tertiary/aromatic N) is 3. The number of rotatable bonds is 6. The molecule has 1 aliphatic heterocycles. The Morgan fingerprint density at radius 1 is 1.25 bits per heavy atom. The number of benzene rings is 1. The van der Waals surface area contributed by atoms with Gasteiger partial charge in [-0.05, 0) is 48.2 Å². The van der Waals surface area contributed by atoms with Crippen LogP contribution in [0.1, 0.15) is 23.1 Å². The van der Waals surface area contributed by atoms with Gasteiger partial charge in [0.2, 0.25) is 5.91 Å². The molecule has 2 aromatic rings. The minimum atomic E-state index is -4.50. The van der Waals surface area contributed by atoms with Crippen LogP contribution in [0.5, 0.6) is 0 Å². The van der Waals surface area contributed by atoms with Gasteiger partial charge in [-0.2, -0.15) is 13.2 Å². The Balaban J connectivity index is 1.93. The molecule has 1 aromatic carbocycles. The van der Waals surface area contributed by atoms with Gasteiger partial charge in [-0.1, -0.05) is 18.7 Å². The second-order valence-electron chi connectivity index (χ2n) is 7.49. The molecular weight excluding hydrogens is 430 g/mol. The number of piperazine rings is 1. The Bertz CT molecular complexity index is 1040. The molecule has 1 atom stereocenters. The van der Waals surface area contributed by atoms with Crippen LogP contribution in [0.3, 0.4) is 0 Å². The molecule has 0 spiro atoms. The van der Waals surface area contributed by atoms with E-state index >= 15 is 0 Å². The number of aromatic nitrogens is 1. The van der Waals surface area contributed by atoms with Gasteiger partial charge in [0.1, 0.15) is 12.6 Å². The molecule has 0 saturated carbocycles. The quantitative estimate of drug-likeness (QED) is 0.541. The summed E-state index contributed by atoms with van der Waals surface area (Å²) in [6, 6.07) is 4.18. The fourth-order valence-electron chi connectivity index (χ4n) is 3.48. The van der Waals surface area contributed by atoms with E-state index in [4.69, 9.17) is 0 Å². The number of aryl methyl sites for hydroxylation is 1. The van der Waals surface area contributed by atoms with Crippen LogP contribution in [0, 0.1) is 12.7 Å². The Labute approximate surface area is 181 Å². The van der Waals surface area contributed by atoms with Crippen molar-refractivity contribution in [3.8, 4) is 0 Å². The number of aliphatic hydroxyl groups is 1. The molecule has 1 aliphatic rings. The van der Waals surface area contributed by atoms with E-state index in [-0.39, 0.29) is 31.0 Å². The molecular formula is C22H21F4N3O3. The van der Waals surface area contributed by atoms with E-state index in [0.717, 1.165) is 17.0 Å². The monoisotopic (exact) mass is 451 g/mol. The van der Waals surface area contributed by atoms with Gasteiger partial charge < -0.3 is 10.0 Å². The molecule has 2 heterocycles. The van der Waals surface area contributed by atoms with E-state index in [2.05, 4.69) is 11.6 Å². The summed E-state index contributed by atoms with van der Waals surface area (Å²) in [5.74, 6) is -2.29. The number of anilines is 1. The maximum atomic E-state index is 14.5. The third-order valence-electron chi connectivity index (χ3n) is 5.09. The third kappa shape index (κ3) is 4.80. The minimum Gasteiger partial charge on any atom is -0.396 e. The summed E-state index contributed by atoms with van der Waals surface area (Å²) < 4.78 is 52.9. The van der Waals surface area contributed by atoms with Crippen LogP contribution in [0.2, 0.25) is 0 Å². The van der Waals surface area contributed by atoms with Crippen molar-refractivity contribution in [2.24, 2.45) is 0 Å². The largest absolute Gasteiger partial charge is 0.416 e. The van der Waals surface area contributed by atoms with E-state index in [1.54, 1.807) is 6.92 Å². The minimum absolute atomic E-state index is 0.00481. The first-order chi connectivity index (χ1) is 15.0. The molecule has 1 aromatic heterocycles. The second kappa shape index (κ2) is 9.07. The number of aliphatic hydroxyl groups excluding tert-OH is 1. The number of hydrogen-bond donors (Lipinski definition) is 1. The van der Waals surface area contributed by atoms with E-state index in [1.807, 2.05) is 0 Å². The molecule has 1 N–H and O–H groups in total. The van der Waals surface area contributed by atoms with Crippen LogP contribution in [-0.2, 0) is 22.3 Å². The number of alkyl halides is 3. The number of amides is 2. The Morgan fingerprint density at radius 3 is 2.47 bits per heavy atom. The zero-order valence-electron chi connectivity index (χ0n) is 17.2. The predicted molar refractivity (Wildman–Crippen MR) is 108 cm³/mol. The molecule has 0 aliphatic carbocycles. The molecule has 6 nitrogen and oxygen atoms in total. The SMILES string of the molecule is C=C(CCO)C1C(=O)N(c2ncc(C)cc2F)CC(=O)N1Cc1ccc(C(F)(F)F)cc1. The summed E-state index contributed by atoms with van der Waals surface area (Å²) in [6.07, 6.45) is -3.13. The van der Waals surface area contributed by atoms with Gasteiger partial charge >= 0.3 is 6.18 Å². The number of carbonyl (C=O) groups excluding carboxylic acids is 2. The van der Waals surface area contributed by atoms with Crippen LogP contribution in [0.4, 0.5) is 23.4 Å². The molecule has 1 saturated heterocycles. The van der Waals surface area contributed by atoms with Crippen LogP contribution < -0.4 is 4.90 Å². The third-order valence-corrected chi connectivity index (χ3v) is 5.09. The van der Waals surface area contributed by atoms with Gasteiger partial charge in [0, 0.05) is 19.3 Å². The highest BCUT2D eigenvalue weighted by molar-refractivity contribution is 6.07. The van der Waals surface area contributed by atoms with Crippen LogP contribution >= 0.6 is 0 Å². The first-order valence-electron chi connectivity index (χ1n) is 9.70. The lowest BCUT2D eigenvalue weighted by Gasteiger charge is -2.40. The maximum absolute atomic E-state index is 14.5. The molecule has 10 heteroatoms.